The third-order valence-electron chi connectivity index (χ3n) is 6.01. The largest absolute Gasteiger partial charge is 0.493 e. The van der Waals surface area contributed by atoms with Gasteiger partial charge in [0, 0.05) is 56.1 Å². The van der Waals surface area contributed by atoms with Gasteiger partial charge in [0.2, 0.25) is 0 Å². The fraction of sp³-hybridized carbons (Fsp3) is 0.400. The van der Waals surface area contributed by atoms with Gasteiger partial charge in [-0.05, 0) is 19.2 Å². The molecule has 9 nitrogen and oxygen atoms in total. The number of carbonyl (C=O) groups excluding carboxylic acids is 1. The van der Waals surface area contributed by atoms with E-state index in [9.17, 15) is 9.18 Å². The average molecular weight is 550 g/mol. The number of methoxy groups -OCH3 is 1. The number of aromatic nitrogens is 1. The Hall–Kier alpha value is -2.99. The lowest BCUT2D eigenvalue weighted by Gasteiger charge is -2.30. The maximum absolute atomic E-state index is 14.0. The van der Waals surface area contributed by atoms with Crippen LogP contribution in [0.5, 0.6) is 11.5 Å². The SMILES string of the molecule is COc1c(Cl)cc(F)cc1NC(=S)C1=C(NCc2ccncc2OCC2CN(C)CCO2)CCNC1=O. The molecule has 1 atom stereocenters. The number of carbonyl (C=O) groups is 1. The van der Waals surface area contributed by atoms with Gasteiger partial charge in [-0.15, -0.1) is 0 Å². The van der Waals surface area contributed by atoms with Gasteiger partial charge in [-0.2, -0.15) is 0 Å². The van der Waals surface area contributed by atoms with E-state index in [1.165, 1.54) is 13.2 Å². The smallest absolute Gasteiger partial charge is 0.256 e. The van der Waals surface area contributed by atoms with E-state index in [0.29, 0.717) is 44.2 Å². The first-order valence-corrected chi connectivity index (χ1v) is 12.6. The molecule has 1 fully saturated rings. The molecule has 4 rings (SSSR count). The molecule has 198 valence electrons. The van der Waals surface area contributed by atoms with Crippen molar-refractivity contribution in [3.05, 3.63) is 58.3 Å². The fourth-order valence-corrected chi connectivity index (χ4v) is 4.76. The molecular formula is C25H29ClFN5O4S. The van der Waals surface area contributed by atoms with Gasteiger partial charge < -0.3 is 35.1 Å². The number of pyridine rings is 1. The van der Waals surface area contributed by atoms with E-state index in [0.717, 1.165) is 24.7 Å². The van der Waals surface area contributed by atoms with Crippen LogP contribution < -0.4 is 25.4 Å². The van der Waals surface area contributed by atoms with Crippen molar-refractivity contribution in [2.45, 2.75) is 19.1 Å². The van der Waals surface area contributed by atoms with Crippen molar-refractivity contribution >= 4 is 40.4 Å². The van der Waals surface area contributed by atoms with E-state index < -0.39 is 5.82 Å². The lowest BCUT2D eigenvalue weighted by molar-refractivity contribution is -0.117. The molecule has 0 spiro atoms. The zero-order chi connectivity index (χ0) is 26.4. The third kappa shape index (κ3) is 6.86. The van der Waals surface area contributed by atoms with Gasteiger partial charge in [0.15, 0.2) is 5.75 Å². The van der Waals surface area contributed by atoms with Crippen molar-refractivity contribution in [2.24, 2.45) is 0 Å². The number of likely N-dealkylation sites (N-methyl/N-ethyl adjacent to an activating group) is 1. The van der Waals surface area contributed by atoms with Crippen molar-refractivity contribution in [3.63, 3.8) is 0 Å². The Morgan fingerprint density at radius 2 is 2.27 bits per heavy atom. The van der Waals surface area contributed by atoms with Crippen LogP contribution in [0.15, 0.2) is 41.9 Å². The molecule has 1 saturated heterocycles. The molecule has 3 N–H and O–H groups in total. The first kappa shape index (κ1) is 27.1. The Morgan fingerprint density at radius 1 is 1.43 bits per heavy atom. The number of halogens is 2. The monoisotopic (exact) mass is 549 g/mol. The van der Waals surface area contributed by atoms with Crippen molar-refractivity contribution in [1.29, 1.82) is 0 Å². The van der Waals surface area contributed by atoms with Gasteiger partial charge in [0.05, 0.1) is 36.2 Å². The molecule has 0 aliphatic carbocycles. The number of nitrogens with zero attached hydrogens (tertiary/aromatic N) is 2. The summed E-state index contributed by atoms with van der Waals surface area (Å²) in [6.07, 6.45) is 3.86. The van der Waals surface area contributed by atoms with Gasteiger partial charge in [0.1, 0.15) is 29.3 Å². The summed E-state index contributed by atoms with van der Waals surface area (Å²) in [7, 11) is 3.47. The molecule has 2 aromatic rings. The number of hydrogen-bond acceptors (Lipinski definition) is 8. The summed E-state index contributed by atoms with van der Waals surface area (Å²) in [6, 6.07) is 4.20. The number of nitrogens with one attached hydrogen (secondary N) is 3. The van der Waals surface area contributed by atoms with Crippen LogP contribution in [0.25, 0.3) is 0 Å². The molecule has 0 bridgehead atoms. The second-order valence-corrected chi connectivity index (χ2v) is 9.50. The van der Waals surface area contributed by atoms with Crippen LogP contribution in [0.3, 0.4) is 0 Å². The van der Waals surface area contributed by atoms with Gasteiger partial charge in [-0.25, -0.2) is 4.39 Å². The number of amides is 1. The molecule has 3 heterocycles. The molecule has 1 unspecified atom stereocenters. The Bertz CT molecular complexity index is 1200. The first-order valence-electron chi connectivity index (χ1n) is 11.8. The van der Waals surface area contributed by atoms with Crippen LogP contribution in [0.4, 0.5) is 10.1 Å². The third-order valence-corrected chi connectivity index (χ3v) is 6.59. The average Bonchev–Trinajstić information content (AvgIpc) is 2.86. The lowest BCUT2D eigenvalue weighted by atomic mass is 10.1. The van der Waals surface area contributed by atoms with Crippen LogP contribution in [-0.4, -0.2) is 73.9 Å². The van der Waals surface area contributed by atoms with Crippen molar-refractivity contribution in [1.82, 2.24) is 20.5 Å². The first-order chi connectivity index (χ1) is 17.9. The summed E-state index contributed by atoms with van der Waals surface area (Å²) in [5, 5.41) is 9.14. The van der Waals surface area contributed by atoms with Crippen LogP contribution in [-0.2, 0) is 16.1 Å². The highest BCUT2D eigenvalue weighted by molar-refractivity contribution is 7.81. The van der Waals surface area contributed by atoms with E-state index >= 15 is 0 Å². The van der Waals surface area contributed by atoms with Gasteiger partial charge in [0.25, 0.3) is 5.91 Å². The summed E-state index contributed by atoms with van der Waals surface area (Å²) >= 11 is 11.6. The van der Waals surface area contributed by atoms with Crippen LogP contribution in [0.2, 0.25) is 5.02 Å². The second-order valence-electron chi connectivity index (χ2n) is 8.68. The summed E-state index contributed by atoms with van der Waals surface area (Å²) < 4.78 is 31.1. The van der Waals surface area contributed by atoms with Gasteiger partial charge in [-0.3, -0.25) is 9.78 Å². The summed E-state index contributed by atoms with van der Waals surface area (Å²) in [5.74, 6) is -0.0398. The standard InChI is InChI=1S/C25H29ClFN5O4S/c1-32-7-8-35-17(13-32)14-36-21-12-28-5-3-15(21)11-30-19-4-6-29-24(33)22(19)25(37)31-20-10-16(27)9-18(26)23(20)34-2/h3,5,9-10,12,17,30H,4,6-8,11,13-14H2,1-2H3,(H,29,33)(H,31,37). The second kappa shape index (κ2) is 12.5. The van der Waals surface area contributed by atoms with Crippen LogP contribution in [0, 0.1) is 5.82 Å². The van der Waals surface area contributed by atoms with Crippen LogP contribution >= 0.6 is 23.8 Å². The quantitative estimate of drug-likeness (QED) is 0.408. The lowest BCUT2D eigenvalue weighted by Crippen LogP contribution is -2.42. The molecule has 0 radical (unpaired) electrons. The Balaban J connectivity index is 1.49. The van der Waals surface area contributed by atoms with Crippen molar-refractivity contribution in [3.8, 4) is 11.5 Å². The zero-order valence-electron chi connectivity index (χ0n) is 20.6. The highest BCUT2D eigenvalue weighted by atomic mass is 35.5. The number of rotatable bonds is 9. The Labute approximate surface area is 225 Å². The van der Waals surface area contributed by atoms with Gasteiger partial charge in [-0.1, -0.05) is 23.8 Å². The molecule has 1 amide bonds. The zero-order valence-corrected chi connectivity index (χ0v) is 22.2. The number of hydrogen-bond donors (Lipinski definition) is 3. The predicted molar refractivity (Wildman–Crippen MR) is 143 cm³/mol. The van der Waals surface area contributed by atoms with Crippen molar-refractivity contribution in [2.75, 3.05) is 52.3 Å². The van der Waals surface area contributed by atoms with Gasteiger partial charge >= 0.3 is 0 Å². The minimum Gasteiger partial charge on any atom is -0.493 e. The maximum atomic E-state index is 14.0. The molecule has 37 heavy (non-hydrogen) atoms. The fourth-order valence-electron chi connectivity index (χ4n) is 4.15. The highest BCUT2D eigenvalue weighted by Gasteiger charge is 2.26. The molecule has 2 aliphatic rings. The molecule has 12 heteroatoms. The molecule has 2 aliphatic heterocycles. The Kier molecular flexibility index (Phi) is 9.14. The van der Waals surface area contributed by atoms with E-state index in [2.05, 4.69) is 32.9 Å². The number of anilines is 1. The summed E-state index contributed by atoms with van der Waals surface area (Å²) in [5.41, 5.74) is 2.01. The predicted octanol–water partition coefficient (Wildman–Crippen LogP) is 2.90. The van der Waals surface area contributed by atoms with Crippen LogP contribution in [0.1, 0.15) is 12.0 Å². The van der Waals surface area contributed by atoms with Crippen molar-refractivity contribution < 1.29 is 23.4 Å². The summed E-state index contributed by atoms with van der Waals surface area (Å²) in [4.78, 5) is 19.3. The minimum absolute atomic E-state index is 0.0205. The van der Waals surface area contributed by atoms with E-state index in [1.807, 2.05) is 6.07 Å². The number of ether oxygens (including phenoxy) is 3. The Morgan fingerprint density at radius 3 is 3.05 bits per heavy atom. The number of benzene rings is 1. The van der Waals surface area contributed by atoms with E-state index in [4.69, 9.17) is 38.0 Å². The topological polar surface area (TPSA) is 97.0 Å². The number of thiocarbonyl (C=S) groups is 1. The minimum atomic E-state index is -0.563. The number of morpholine rings is 1. The molecule has 1 aromatic heterocycles. The molecular weight excluding hydrogens is 521 g/mol. The maximum Gasteiger partial charge on any atom is 0.256 e. The highest BCUT2D eigenvalue weighted by Crippen LogP contribution is 2.34. The normalized spacial score (nSPS) is 18.3. The summed E-state index contributed by atoms with van der Waals surface area (Å²) in [6.45, 7) is 3.62. The van der Waals surface area contributed by atoms with E-state index in [-0.39, 0.29) is 39.0 Å². The molecule has 1 aromatic carbocycles. The molecule has 0 saturated carbocycles. The van der Waals surface area contributed by atoms with E-state index in [1.54, 1.807) is 12.4 Å².